The first-order chi connectivity index (χ1) is 6.47. The molecule has 6 nitrogen and oxygen atoms in total. The zero-order chi connectivity index (χ0) is 11.1. The molecule has 7 heteroatoms. The largest absolute Gasteiger partial charge is 0.478 e. The smallest absolute Gasteiger partial charge is 0.370 e. The Morgan fingerprint density at radius 2 is 2.00 bits per heavy atom. The van der Waals surface area contributed by atoms with Gasteiger partial charge in [-0.3, -0.25) is 4.79 Å². The second-order valence-electron chi connectivity index (χ2n) is 2.48. The third kappa shape index (κ3) is 5.40. The summed E-state index contributed by atoms with van der Waals surface area (Å²) < 4.78 is 10.8. The molecular weight excluding hydrogens is 209 g/mol. The third-order valence-electron chi connectivity index (χ3n) is 1.34. The Bertz CT molecular complexity index is 286. The van der Waals surface area contributed by atoms with Crippen LogP contribution >= 0.6 is 7.80 Å². The maximum atomic E-state index is 10.8. The molecule has 0 spiro atoms. The van der Waals surface area contributed by atoms with Gasteiger partial charge in [-0.15, -0.1) is 0 Å². The van der Waals surface area contributed by atoms with Crippen LogP contribution < -0.4 is 5.73 Å². The van der Waals surface area contributed by atoms with Crippen molar-refractivity contribution in [3.8, 4) is 0 Å². The van der Waals surface area contributed by atoms with Crippen LogP contribution in [0.1, 0.15) is 6.42 Å². The van der Waals surface area contributed by atoms with Crippen molar-refractivity contribution in [2.24, 2.45) is 5.73 Å². The van der Waals surface area contributed by atoms with Crippen LogP contribution in [-0.4, -0.2) is 34.6 Å². The van der Waals surface area contributed by atoms with Crippen LogP contribution in [0.15, 0.2) is 11.6 Å². The molecule has 78 valence electrons. The van der Waals surface area contributed by atoms with Gasteiger partial charge in [0, 0.05) is 5.57 Å². The molecule has 0 heterocycles. The second-order valence-corrected chi connectivity index (χ2v) is 4.10. The fourth-order valence-electron chi connectivity index (χ4n) is 0.693. The van der Waals surface area contributed by atoms with Crippen molar-refractivity contribution in [2.45, 2.75) is 6.42 Å². The van der Waals surface area contributed by atoms with Crippen molar-refractivity contribution in [1.82, 2.24) is 0 Å². The van der Waals surface area contributed by atoms with E-state index < -0.39 is 32.4 Å². The number of carbonyl (C=O) groups is 2. The quantitative estimate of drug-likeness (QED) is 0.417. The minimum absolute atomic E-state index is 0.0687. The Morgan fingerprint density at radius 3 is 2.36 bits per heavy atom. The minimum atomic E-state index is -1.85. The summed E-state index contributed by atoms with van der Waals surface area (Å²) in [6, 6.07) is 0. The number of nitrogens with two attached hydrogens (primary N) is 1. The van der Waals surface area contributed by atoms with Crippen molar-refractivity contribution in [1.29, 1.82) is 0 Å². The summed E-state index contributed by atoms with van der Waals surface area (Å²) in [7, 11) is -1.85. The lowest BCUT2D eigenvalue weighted by Crippen LogP contribution is -2.15. The molecular formula is C7H11NO5P+. The van der Waals surface area contributed by atoms with Crippen LogP contribution in [0.25, 0.3) is 0 Å². The molecule has 0 aromatic rings. The zero-order valence-electron chi connectivity index (χ0n) is 7.34. The molecule has 0 aliphatic rings. The molecule has 14 heavy (non-hydrogen) atoms. The summed E-state index contributed by atoms with van der Waals surface area (Å²) in [5.41, 5.74) is 4.60. The standard InChI is InChI=1S/C7H10NO5P/c8-6(10)3-5(7(11)12)1-2-14(13)4-9/h1,9H,2-4H2,(H2-,8,10,11,12)/p+1/b5-1-. The van der Waals surface area contributed by atoms with E-state index in [1.54, 1.807) is 0 Å². The van der Waals surface area contributed by atoms with Gasteiger partial charge in [0.25, 0.3) is 0 Å². The monoisotopic (exact) mass is 220 g/mol. The molecule has 0 aromatic heterocycles. The molecule has 0 bridgehead atoms. The maximum Gasteiger partial charge on any atom is 0.370 e. The number of primary amides is 1. The Hall–Kier alpha value is -1.26. The lowest BCUT2D eigenvalue weighted by atomic mass is 10.2. The summed E-state index contributed by atoms with van der Waals surface area (Å²) in [6.07, 6.45) is 0.169. The van der Waals surface area contributed by atoms with Crippen LogP contribution in [0, 0.1) is 0 Å². The summed E-state index contributed by atoms with van der Waals surface area (Å²) in [5.74, 6) is -2.04. The van der Waals surface area contributed by atoms with Crippen molar-refractivity contribution in [3.63, 3.8) is 0 Å². The van der Waals surface area contributed by atoms with E-state index in [1.807, 2.05) is 0 Å². The molecule has 0 rings (SSSR count). The van der Waals surface area contributed by atoms with E-state index >= 15 is 0 Å². The number of allylic oxidation sites excluding steroid dienone is 1. The Morgan fingerprint density at radius 1 is 1.43 bits per heavy atom. The molecule has 0 aliphatic heterocycles. The zero-order valence-corrected chi connectivity index (χ0v) is 8.24. The first kappa shape index (κ1) is 12.7. The Labute approximate surface area is 81.2 Å². The van der Waals surface area contributed by atoms with Crippen LogP contribution in [0.3, 0.4) is 0 Å². The van der Waals surface area contributed by atoms with Gasteiger partial charge in [-0.2, -0.15) is 0 Å². The Kier molecular flexibility index (Phi) is 5.67. The van der Waals surface area contributed by atoms with Crippen molar-refractivity contribution in [2.75, 3.05) is 12.5 Å². The van der Waals surface area contributed by atoms with Gasteiger partial charge in [-0.05, 0) is 6.08 Å². The number of carboxylic acids is 1. The molecule has 0 aliphatic carbocycles. The first-order valence-electron chi connectivity index (χ1n) is 3.71. The molecule has 0 aromatic carbocycles. The average molecular weight is 220 g/mol. The van der Waals surface area contributed by atoms with Gasteiger partial charge in [0.1, 0.15) is 0 Å². The Balaban J connectivity index is 4.41. The number of rotatable bonds is 6. The van der Waals surface area contributed by atoms with Crippen LogP contribution in [0.4, 0.5) is 0 Å². The maximum absolute atomic E-state index is 10.8. The highest BCUT2D eigenvalue weighted by Crippen LogP contribution is 2.19. The minimum Gasteiger partial charge on any atom is -0.478 e. The molecule has 0 saturated heterocycles. The van der Waals surface area contributed by atoms with Gasteiger partial charge in [-0.1, -0.05) is 4.57 Å². The molecule has 0 radical (unpaired) electrons. The fraction of sp³-hybridized carbons (Fsp3) is 0.429. The van der Waals surface area contributed by atoms with Gasteiger partial charge in [0.2, 0.25) is 12.3 Å². The lowest BCUT2D eigenvalue weighted by molar-refractivity contribution is -0.133. The third-order valence-corrected chi connectivity index (χ3v) is 2.24. The van der Waals surface area contributed by atoms with Gasteiger partial charge in [0.15, 0.2) is 6.16 Å². The molecule has 1 atom stereocenters. The van der Waals surface area contributed by atoms with E-state index in [0.29, 0.717) is 0 Å². The van der Waals surface area contributed by atoms with Gasteiger partial charge < -0.3 is 15.9 Å². The lowest BCUT2D eigenvalue weighted by Gasteiger charge is -1.95. The van der Waals surface area contributed by atoms with Crippen molar-refractivity contribution in [3.05, 3.63) is 11.6 Å². The molecule has 0 saturated carbocycles. The number of aliphatic carboxylic acids is 1. The SMILES string of the molecule is NC(=O)C/C(=C/C[P+](=O)CO)C(=O)O. The van der Waals surface area contributed by atoms with Crippen molar-refractivity contribution < 1.29 is 24.4 Å². The normalized spacial score (nSPS) is 12.4. The van der Waals surface area contributed by atoms with E-state index in [0.717, 1.165) is 6.08 Å². The van der Waals surface area contributed by atoms with E-state index in [9.17, 15) is 14.2 Å². The van der Waals surface area contributed by atoms with Crippen molar-refractivity contribution >= 4 is 19.7 Å². The summed E-state index contributed by atoms with van der Waals surface area (Å²) >= 11 is 0. The predicted octanol–water partition coefficient (Wildman–Crippen LogP) is -0.350. The van der Waals surface area contributed by atoms with E-state index in [1.165, 1.54) is 0 Å². The molecule has 1 amide bonds. The summed E-state index contributed by atoms with van der Waals surface area (Å²) in [4.78, 5) is 20.9. The number of hydrogen-bond donors (Lipinski definition) is 3. The number of carboxylic acid groups (broad SMARTS) is 1. The highest BCUT2D eigenvalue weighted by atomic mass is 31.1. The van der Waals surface area contributed by atoms with Crippen LogP contribution in [-0.2, 0) is 14.2 Å². The second kappa shape index (κ2) is 6.23. The van der Waals surface area contributed by atoms with Crippen LogP contribution in [0.5, 0.6) is 0 Å². The fourth-order valence-corrected chi connectivity index (χ4v) is 1.23. The molecule has 0 fully saturated rings. The van der Waals surface area contributed by atoms with Gasteiger partial charge in [0.05, 0.1) is 6.42 Å². The average Bonchev–Trinajstić information content (AvgIpc) is 2.10. The topological polar surface area (TPSA) is 118 Å². The summed E-state index contributed by atoms with van der Waals surface area (Å²) in [5, 5.41) is 17.0. The highest BCUT2D eigenvalue weighted by Gasteiger charge is 2.15. The number of hydrogen-bond acceptors (Lipinski definition) is 4. The molecule has 1 unspecified atom stereocenters. The number of aliphatic hydroxyl groups excluding tert-OH is 1. The number of carbonyl (C=O) groups excluding carboxylic acids is 1. The van der Waals surface area contributed by atoms with E-state index in [-0.39, 0.29) is 11.7 Å². The highest BCUT2D eigenvalue weighted by molar-refractivity contribution is 7.44. The molecule has 4 N–H and O–H groups in total. The summed E-state index contributed by atoms with van der Waals surface area (Å²) in [6.45, 7) is 0. The van der Waals surface area contributed by atoms with Gasteiger partial charge in [-0.25, -0.2) is 4.79 Å². The van der Waals surface area contributed by atoms with Crippen LogP contribution in [0.2, 0.25) is 0 Å². The van der Waals surface area contributed by atoms with E-state index in [2.05, 4.69) is 0 Å². The predicted molar refractivity (Wildman–Crippen MR) is 49.1 cm³/mol. The first-order valence-corrected chi connectivity index (χ1v) is 5.34. The van der Waals surface area contributed by atoms with Gasteiger partial charge >= 0.3 is 13.8 Å². The van der Waals surface area contributed by atoms with E-state index in [4.69, 9.17) is 15.9 Å². The number of amides is 1. The number of aliphatic hydroxyl groups is 1.